The zero-order chi connectivity index (χ0) is 12.3. The van der Waals surface area contributed by atoms with Crippen molar-refractivity contribution < 1.29 is 9.53 Å². The highest BCUT2D eigenvalue weighted by Crippen LogP contribution is 2.14. The van der Waals surface area contributed by atoms with Gasteiger partial charge in [-0.05, 0) is 19.8 Å². The second kappa shape index (κ2) is 5.80. The van der Waals surface area contributed by atoms with E-state index in [-0.39, 0.29) is 18.0 Å². The van der Waals surface area contributed by atoms with Crippen LogP contribution in [-0.2, 0) is 9.53 Å². The average molecular weight is 241 g/mol. The molecule has 2 rings (SSSR count). The predicted molar refractivity (Wildman–Crippen MR) is 65.6 cm³/mol. The highest BCUT2D eigenvalue weighted by molar-refractivity contribution is 5.82. The Bertz CT molecular complexity index is 266. The molecule has 2 saturated heterocycles. The number of morpholine rings is 1. The Balaban J connectivity index is 1.85. The fraction of sp³-hybridized carbons (Fsp3) is 0.917. The van der Waals surface area contributed by atoms with Crippen LogP contribution in [0.1, 0.15) is 19.8 Å². The molecule has 0 radical (unpaired) electrons. The van der Waals surface area contributed by atoms with Crippen molar-refractivity contribution in [3.05, 3.63) is 0 Å². The lowest BCUT2D eigenvalue weighted by Gasteiger charge is -2.38. The number of carbonyl (C=O) groups excluding carboxylic acids is 1. The van der Waals surface area contributed by atoms with Gasteiger partial charge in [-0.15, -0.1) is 0 Å². The van der Waals surface area contributed by atoms with E-state index in [0.717, 1.165) is 52.2 Å². The minimum absolute atomic E-state index is 0.122. The molecule has 0 aromatic heterocycles. The summed E-state index contributed by atoms with van der Waals surface area (Å²) in [6.45, 7) is 7.46. The average Bonchev–Trinajstić information content (AvgIpc) is 2.34. The van der Waals surface area contributed by atoms with Gasteiger partial charge in [0.25, 0.3) is 0 Å². The van der Waals surface area contributed by atoms with Crippen LogP contribution in [0.3, 0.4) is 0 Å². The van der Waals surface area contributed by atoms with Crippen molar-refractivity contribution in [3.8, 4) is 0 Å². The molecule has 2 aliphatic rings. The first kappa shape index (κ1) is 12.8. The standard InChI is InChI=1S/C12H23N3O2/c1-10(9-14-5-7-17-8-6-14)15-4-2-3-11(13)12(15)16/h10-11H,2-9,13H2,1H3. The van der Waals surface area contributed by atoms with Crippen molar-refractivity contribution in [2.45, 2.75) is 31.8 Å². The predicted octanol–water partition coefficient (Wildman–Crippen LogP) is -0.343. The van der Waals surface area contributed by atoms with E-state index in [1.54, 1.807) is 0 Å². The maximum absolute atomic E-state index is 12.0. The Morgan fingerprint density at radius 2 is 2.12 bits per heavy atom. The summed E-state index contributed by atoms with van der Waals surface area (Å²) in [7, 11) is 0. The van der Waals surface area contributed by atoms with Crippen LogP contribution in [0.4, 0.5) is 0 Å². The normalized spacial score (nSPS) is 29.4. The number of amides is 1. The highest BCUT2D eigenvalue weighted by atomic mass is 16.5. The lowest BCUT2D eigenvalue weighted by Crippen LogP contribution is -2.55. The highest BCUT2D eigenvalue weighted by Gasteiger charge is 2.29. The minimum atomic E-state index is -0.282. The third-order valence-electron chi connectivity index (χ3n) is 3.67. The van der Waals surface area contributed by atoms with Gasteiger partial charge in [0, 0.05) is 32.2 Å². The zero-order valence-electron chi connectivity index (χ0n) is 10.6. The van der Waals surface area contributed by atoms with Crippen molar-refractivity contribution >= 4 is 5.91 Å². The third-order valence-corrected chi connectivity index (χ3v) is 3.67. The van der Waals surface area contributed by atoms with Crippen molar-refractivity contribution in [2.24, 2.45) is 5.73 Å². The van der Waals surface area contributed by atoms with E-state index < -0.39 is 0 Å². The molecule has 2 fully saturated rings. The van der Waals surface area contributed by atoms with E-state index in [2.05, 4.69) is 11.8 Å². The quantitative estimate of drug-likeness (QED) is 0.734. The Labute approximate surface area is 103 Å². The van der Waals surface area contributed by atoms with Gasteiger partial charge in [-0.2, -0.15) is 0 Å². The number of nitrogens with two attached hydrogens (primary N) is 1. The summed E-state index contributed by atoms with van der Waals surface area (Å²) in [5.41, 5.74) is 5.81. The monoisotopic (exact) mass is 241 g/mol. The van der Waals surface area contributed by atoms with Gasteiger partial charge in [0.1, 0.15) is 0 Å². The van der Waals surface area contributed by atoms with Crippen LogP contribution >= 0.6 is 0 Å². The molecule has 2 N–H and O–H groups in total. The number of rotatable bonds is 3. The van der Waals surface area contributed by atoms with Gasteiger partial charge in [-0.1, -0.05) is 0 Å². The van der Waals surface area contributed by atoms with Gasteiger partial charge in [0.2, 0.25) is 5.91 Å². The fourth-order valence-electron chi connectivity index (χ4n) is 2.62. The summed E-state index contributed by atoms with van der Waals surface area (Å²) in [6.07, 6.45) is 1.86. The molecule has 0 aromatic rings. The lowest BCUT2D eigenvalue weighted by atomic mass is 10.0. The van der Waals surface area contributed by atoms with E-state index in [1.807, 2.05) is 4.90 Å². The zero-order valence-corrected chi connectivity index (χ0v) is 10.6. The number of piperidine rings is 1. The SMILES string of the molecule is CC(CN1CCOCC1)N1CCCC(N)C1=O. The Kier molecular flexibility index (Phi) is 4.36. The topological polar surface area (TPSA) is 58.8 Å². The van der Waals surface area contributed by atoms with Crippen LogP contribution in [0.2, 0.25) is 0 Å². The van der Waals surface area contributed by atoms with E-state index in [9.17, 15) is 4.79 Å². The van der Waals surface area contributed by atoms with Gasteiger partial charge in [0.05, 0.1) is 19.3 Å². The molecule has 2 unspecified atom stereocenters. The summed E-state index contributed by atoms with van der Waals surface area (Å²) in [6, 6.07) is -0.0251. The van der Waals surface area contributed by atoms with E-state index in [1.165, 1.54) is 0 Å². The largest absolute Gasteiger partial charge is 0.379 e. The molecular weight excluding hydrogens is 218 g/mol. The molecule has 5 heteroatoms. The van der Waals surface area contributed by atoms with Crippen LogP contribution in [0.5, 0.6) is 0 Å². The van der Waals surface area contributed by atoms with Gasteiger partial charge < -0.3 is 15.4 Å². The molecule has 0 spiro atoms. The molecule has 0 saturated carbocycles. The van der Waals surface area contributed by atoms with E-state index in [0.29, 0.717) is 0 Å². The van der Waals surface area contributed by atoms with Gasteiger partial charge in [0.15, 0.2) is 0 Å². The molecule has 98 valence electrons. The van der Waals surface area contributed by atoms with Crippen LogP contribution < -0.4 is 5.73 Å². The molecule has 0 aromatic carbocycles. The second-order valence-corrected chi connectivity index (χ2v) is 5.04. The molecule has 2 heterocycles. The van der Waals surface area contributed by atoms with E-state index in [4.69, 9.17) is 10.5 Å². The first-order valence-electron chi connectivity index (χ1n) is 6.54. The van der Waals surface area contributed by atoms with Gasteiger partial charge >= 0.3 is 0 Å². The Morgan fingerprint density at radius 1 is 1.41 bits per heavy atom. The first-order valence-corrected chi connectivity index (χ1v) is 6.54. The smallest absolute Gasteiger partial charge is 0.239 e. The number of carbonyl (C=O) groups is 1. The summed E-state index contributed by atoms with van der Waals surface area (Å²) in [5, 5.41) is 0. The third kappa shape index (κ3) is 3.18. The molecule has 2 aliphatic heterocycles. The summed E-state index contributed by atoms with van der Waals surface area (Å²) in [5.74, 6) is 0.122. The summed E-state index contributed by atoms with van der Waals surface area (Å²) < 4.78 is 5.32. The van der Waals surface area contributed by atoms with Gasteiger partial charge in [-0.3, -0.25) is 9.69 Å². The molecule has 17 heavy (non-hydrogen) atoms. The first-order chi connectivity index (χ1) is 8.18. The lowest BCUT2D eigenvalue weighted by molar-refractivity contribution is -0.137. The van der Waals surface area contributed by atoms with Crippen molar-refractivity contribution in [3.63, 3.8) is 0 Å². The van der Waals surface area contributed by atoms with E-state index >= 15 is 0 Å². The Hall–Kier alpha value is -0.650. The molecule has 2 atom stereocenters. The van der Waals surface area contributed by atoms with Gasteiger partial charge in [-0.25, -0.2) is 0 Å². The second-order valence-electron chi connectivity index (χ2n) is 5.04. The summed E-state index contributed by atoms with van der Waals surface area (Å²) in [4.78, 5) is 16.3. The number of hydrogen-bond donors (Lipinski definition) is 1. The molecule has 0 bridgehead atoms. The van der Waals surface area contributed by atoms with Crippen LogP contribution in [-0.4, -0.2) is 67.2 Å². The summed E-state index contributed by atoms with van der Waals surface area (Å²) >= 11 is 0. The molecule has 0 aliphatic carbocycles. The number of likely N-dealkylation sites (tertiary alicyclic amines) is 1. The van der Waals surface area contributed by atoms with Crippen LogP contribution in [0, 0.1) is 0 Å². The minimum Gasteiger partial charge on any atom is -0.379 e. The van der Waals surface area contributed by atoms with Crippen molar-refractivity contribution in [1.29, 1.82) is 0 Å². The van der Waals surface area contributed by atoms with Crippen LogP contribution in [0.15, 0.2) is 0 Å². The van der Waals surface area contributed by atoms with Crippen molar-refractivity contribution in [2.75, 3.05) is 39.4 Å². The number of hydrogen-bond acceptors (Lipinski definition) is 4. The number of nitrogens with zero attached hydrogens (tertiary/aromatic N) is 2. The number of ether oxygens (including phenoxy) is 1. The molecular formula is C12H23N3O2. The fourth-order valence-corrected chi connectivity index (χ4v) is 2.62. The maximum Gasteiger partial charge on any atom is 0.239 e. The van der Waals surface area contributed by atoms with Crippen molar-refractivity contribution in [1.82, 2.24) is 9.80 Å². The Morgan fingerprint density at radius 3 is 2.82 bits per heavy atom. The maximum atomic E-state index is 12.0. The molecule has 1 amide bonds. The molecule has 5 nitrogen and oxygen atoms in total. The van der Waals surface area contributed by atoms with Crippen LogP contribution in [0.25, 0.3) is 0 Å².